The average molecular weight is 828 g/mol. The fraction of sp³-hybridized carbons (Fsp3) is 0.619. The van der Waals surface area contributed by atoms with Crippen LogP contribution in [0, 0.1) is 16.7 Å². The molecule has 17 heteroatoms. The first-order valence-corrected chi connectivity index (χ1v) is 19.4. The Morgan fingerprint density at radius 1 is 1.00 bits per heavy atom. The van der Waals surface area contributed by atoms with Crippen molar-refractivity contribution in [3.05, 3.63) is 58.7 Å². The summed E-state index contributed by atoms with van der Waals surface area (Å²) in [6.45, 7) is 14.8. The lowest BCUT2D eigenvalue weighted by atomic mass is 9.44. The summed E-state index contributed by atoms with van der Waals surface area (Å²) >= 11 is 0. The number of fused-ring (bicyclic) bond motifs is 4. The molecule has 6 rings (SSSR count). The lowest BCUT2D eigenvalue weighted by Gasteiger charge is -2.67. The van der Waals surface area contributed by atoms with Gasteiger partial charge in [0.1, 0.15) is 17.8 Å². The number of hydrogen-bond donors (Lipinski definition) is 4. The Labute approximate surface area is 341 Å². The molecule has 2 heterocycles. The Hall–Kier alpha value is -4.84. The normalized spacial score (nSPS) is 35.2. The first-order chi connectivity index (χ1) is 27.3. The van der Waals surface area contributed by atoms with E-state index in [0.29, 0.717) is 5.57 Å². The van der Waals surface area contributed by atoms with Crippen molar-refractivity contribution in [3.63, 3.8) is 0 Å². The van der Waals surface area contributed by atoms with Crippen LogP contribution < -0.4 is 5.32 Å². The standard InChI is InChI=1S/C42H53NO16/c1-19(2)16-23(43-36(51)58-38(5,6)7)27(46)35(50)54-29-20(3)26-28(47)31(48)40(10)24(45)17-25-41(18-53-25,57-21(4)44)30(40)33(55-34(49)22-14-12-11-13-15-22)42(39(26,8)9)32(29)56-37(52)59-42/h11-16,23-25,27-30,32-33,45-47H,17-18H2,1-10H3,(H,43,51)/t23-,24-,25+,27+,28+,29+,30?,32-,33?,40+,41-,42+/m0/s1. The van der Waals surface area contributed by atoms with Crippen molar-refractivity contribution < 1.29 is 77.2 Å². The number of benzene rings is 1. The molecule has 1 aromatic rings. The summed E-state index contributed by atoms with van der Waals surface area (Å²) in [4.78, 5) is 83.0. The molecule has 1 aromatic carbocycles. The van der Waals surface area contributed by atoms with E-state index in [1.807, 2.05) is 0 Å². The van der Waals surface area contributed by atoms with Crippen molar-refractivity contribution in [1.82, 2.24) is 5.32 Å². The van der Waals surface area contributed by atoms with E-state index in [1.165, 1.54) is 45.9 Å². The molecule has 4 fully saturated rings. The van der Waals surface area contributed by atoms with Crippen LogP contribution in [0.4, 0.5) is 9.59 Å². The fourth-order valence-corrected chi connectivity index (χ4v) is 9.89. The van der Waals surface area contributed by atoms with E-state index >= 15 is 4.79 Å². The molecule has 59 heavy (non-hydrogen) atoms. The van der Waals surface area contributed by atoms with Crippen molar-refractivity contribution in [2.75, 3.05) is 6.61 Å². The van der Waals surface area contributed by atoms with E-state index < -0.39 is 118 Å². The summed E-state index contributed by atoms with van der Waals surface area (Å²) in [6, 6.07) is 6.34. The number of carbonyl (C=O) groups is 6. The highest BCUT2D eigenvalue weighted by atomic mass is 16.8. The van der Waals surface area contributed by atoms with E-state index in [2.05, 4.69) is 5.32 Å². The number of nitrogens with one attached hydrogen (secondary N) is 1. The van der Waals surface area contributed by atoms with Crippen LogP contribution in [0.25, 0.3) is 0 Å². The van der Waals surface area contributed by atoms with Gasteiger partial charge in [0.25, 0.3) is 0 Å². The van der Waals surface area contributed by atoms with Crippen LogP contribution in [0.2, 0.25) is 0 Å². The minimum Gasteiger partial charge on any atom is -0.454 e. The van der Waals surface area contributed by atoms with Crippen LogP contribution in [-0.4, -0.2) is 123 Å². The molecule has 1 amide bonds. The molecule has 1 spiro atoms. The Morgan fingerprint density at radius 2 is 1.64 bits per heavy atom. The van der Waals surface area contributed by atoms with Crippen molar-refractivity contribution in [1.29, 1.82) is 0 Å². The molecule has 0 radical (unpaired) electrons. The van der Waals surface area contributed by atoms with Gasteiger partial charge in [-0.3, -0.25) is 9.59 Å². The number of allylic oxidation sites excluding steroid dienone is 1. The molecule has 322 valence electrons. The molecule has 2 bridgehead atoms. The Balaban J connectivity index is 1.57. The van der Waals surface area contributed by atoms with Gasteiger partial charge in [0.15, 0.2) is 35.8 Å². The molecule has 2 unspecified atom stereocenters. The fourth-order valence-electron chi connectivity index (χ4n) is 9.89. The highest BCUT2D eigenvalue weighted by molar-refractivity contribution is 5.94. The average Bonchev–Trinajstić information content (AvgIpc) is 3.49. The lowest BCUT2D eigenvalue weighted by Crippen LogP contribution is -2.83. The number of ether oxygens (including phenoxy) is 7. The molecule has 0 aromatic heterocycles. The topological polar surface area (TPSA) is 240 Å². The number of Topliss-reactive ketones (excluding diaryl/α,β-unsaturated/α-hetero) is 1. The summed E-state index contributed by atoms with van der Waals surface area (Å²) in [7, 11) is 0. The van der Waals surface area contributed by atoms with Crippen LogP contribution in [0.3, 0.4) is 0 Å². The predicted molar refractivity (Wildman–Crippen MR) is 202 cm³/mol. The van der Waals surface area contributed by atoms with Gasteiger partial charge in [-0.1, -0.05) is 43.7 Å². The summed E-state index contributed by atoms with van der Waals surface area (Å²) in [5.41, 5.74) is -8.33. The smallest absolute Gasteiger partial charge is 0.454 e. The van der Waals surface area contributed by atoms with Crippen molar-refractivity contribution in [2.45, 2.75) is 141 Å². The highest BCUT2D eigenvalue weighted by Crippen LogP contribution is 2.66. The number of aliphatic hydroxyl groups excluding tert-OH is 3. The Morgan fingerprint density at radius 3 is 2.20 bits per heavy atom. The van der Waals surface area contributed by atoms with Crippen molar-refractivity contribution >= 4 is 35.9 Å². The van der Waals surface area contributed by atoms with Gasteiger partial charge < -0.3 is 53.8 Å². The third-order valence-corrected chi connectivity index (χ3v) is 12.4. The summed E-state index contributed by atoms with van der Waals surface area (Å²) in [5, 5.41) is 38.2. The largest absolute Gasteiger partial charge is 0.509 e. The Kier molecular flexibility index (Phi) is 11.1. The molecule has 17 nitrogen and oxygen atoms in total. The first-order valence-electron chi connectivity index (χ1n) is 19.4. The molecule has 12 atom stereocenters. The molecular formula is C42H53NO16. The van der Waals surface area contributed by atoms with E-state index in [4.69, 9.17) is 33.2 Å². The quantitative estimate of drug-likeness (QED) is 0.167. The van der Waals surface area contributed by atoms with Gasteiger partial charge in [-0.2, -0.15) is 0 Å². The van der Waals surface area contributed by atoms with E-state index in [0.717, 1.165) is 6.92 Å². The number of esters is 3. The van der Waals surface area contributed by atoms with Gasteiger partial charge >= 0.3 is 30.2 Å². The van der Waals surface area contributed by atoms with Gasteiger partial charge in [-0.05, 0) is 71.7 Å². The van der Waals surface area contributed by atoms with Crippen LogP contribution in [0.1, 0.15) is 86.0 Å². The Bertz CT molecular complexity index is 1980. The second-order valence-corrected chi connectivity index (χ2v) is 17.9. The highest BCUT2D eigenvalue weighted by Gasteiger charge is 2.83. The zero-order valence-corrected chi connectivity index (χ0v) is 34.7. The monoisotopic (exact) mass is 827 g/mol. The summed E-state index contributed by atoms with van der Waals surface area (Å²) in [5.74, 6) is -5.66. The number of alkyl carbamates (subject to hydrolysis) is 1. The van der Waals surface area contributed by atoms with Gasteiger partial charge in [0, 0.05) is 18.8 Å². The number of rotatable bonds is 8. The second-order valence-electron chi connectivity index (χ2n) is 17.9. The number of aliphatic hydroxyl groups is 3. The summed E-state index contributed by atoms with van der Waals surface area (Å²) < 4.78 is 41.8. The zero-order chi connectivity index (χ0) is 43.8. The SMILES string of the molecule is CC(=O)O[C@@]12CO[C@@H]1C[C@H](O)[C@@]1(C)C(=O)[C@H](O)C3=C(C)[C@@H](OC(=O)[C@H](O)[C@H](C=C(C)C)NC(=O)OC(C)(C)C)[C@@H]4OC(=O)O[C@]4(C(OC(=O)c4ccccc4)C12)C3(C)C. The molecule has 2 aliphatic heterocycles. The van der Waals surface area contributed by atoms with Gasteiger partial charge in [-0.25, -0.2) is 19.2 Å². The molecule has 4 N–H and O–H groups in total. The number of carbonyl (C=O) groups excluding carboxylic acids is 6. The maximum absolute atomic E-state index is 15.1. The molecular weight excluding hydrogens is 774 g/mol. The van der Waals surface area contributed by atoms with Gasteiger partial charge in [-0.15, -0.1) is 0 Å². The van der Waals surface area contributed by atoms with Gasteiger partial charge in [0.05, 0.1) is 35.6 Å². The van der Waals surface area contributed by atoms with E-state index in [9.17, 15) is 39.3 Å². The van der Waals surface area contributed by atoms with E-state index in [-0.39, 0.29) is 29.7 Å². The third kappa shape index (κ3) is 6.98. The lowest BCUT2D eigenvalue weighted by molar-refractivity contribution is -0.345. The van der Waals surface area contributed by atoms with Crippen molar-refractivity contribution in [2.24, 2.45) is 16.7 Å². The third-order valence-electron chi connectivity index (χ3n) is 12.4. The molecule has 2 saturated heterocycles. The zero-order valence-electron chi connectivity index (χ0n) is 34.7. The minimum absolute atomic E-state index is 0.0224. The van der Waals surface area contributed by atoms with Crippen molar-refractivity contribution in [3.8, 4) is 0 Å². The molecule has 3 aliphatic carbocycles. The number of amides is 1. The van der Waals surface area contributed by atoms with Crippen LogP contribution in [0.15, 0.2) is 53.1 Å². The van der Waals surface area contributed by atoms with Crippen LogP contribution in [-0.2, 0) is 47.5 Å². The maximum atomic E-state index is 15.1. The second kappa shape index (κ2) is 15.0. The predicted octanol–water partition coefficient (Wildman–Crippen LogP) is 3.01. The minimum atomic E-state index is -2.33. The molecule has 2 saturated carbocycles. The van der Waals surface area contributed by atoms with Crippen LogP contribution in [0.5, 0.6) is 0 Å². The first kappa shape index (κ1) is 43.7. The maximum Gasteiger partial charge on any atom is 0.509 e. The number of ketones is 1. The van der Waals surface area contributed by atoms with E-state index in [1.54, 1.807) is 52.8 Å². The van der Waals surface area contributed by atoms with Gasteiger partial charge in [0.2, 0.25) is 5.60 Å². The number of hydrogen-bond acceptors (Lipinski definition) is 16. The summed E-state index contributed by atoms with van der Waals surface area (Å²) in [6.07, 6.45) is -13.3. The molecule has 5 aliphatic rings. The van der Waals surface area contributed by atoms with Crippen LogP contribution >= 0.6 is 0 Å².